The van der Waals surface area contributed by atoms with Crippen LogP contribution < -0.4 is 4.74 Å². The third-order valence-corrected chi connectivity index (χ3v) is 3.97. The summed E-state index contributed by atoms with van der Waals surface area (Å²) < 4.78 is 40.2. The highest BCUT2D eigenvalue weighted by Crippen LogP contribution is 2.27. The van der Waals surface area contributed by atoms with Gasteiger partial charge in [0, 0.05) is 12.5 Å². The lowest BCUT2D eigenvalue weighted by Crippen LogP contribution is -2.32. The minimum Gasteiger partial charge on any atom is -0.406 e. The third kappa shape index (κ3) is 4.44. The number of alkyl halides is 3. The number of aromatic nitrogens is 3. The van der Waals surface area contributed by atoms with Crippen LogP contribution in [0.15, 0.2) is 30.6 Å². The predicted octanol–water partition coefficient (Wildman–Crippen LogP) is 3.08. The van der Waals surface area contributed by atoms with Gasteiger partial charge < -0.3 is 4.74 Å². The Kier molecular flexibility index (Phi) is 4.51. The molecule has 1 aromatic heterocycles. The van der Waals surface area contributed by atoms with Crippen molar-refractivity contribution in [2.75, 3.05) is 13.1 Å². The first-order valence-electron chi connectivity index (χ1n) is 7.42. The van der Waals surface area contributed by atoms with E-state index in [0.717, 1.165) is 43.9 Å². The second kappa shape index (κ2) is 6.57. The van der Waals surface area contributed by atoms with E-state index in [9.17, 15) is 13.2 Å². The number of aromatic amines is 1. The van der Waals surface area contributed by atoms with Gasteiger partial charge in [-0.1, -0.05) is 12.1 Å². The molecule has 1 saturated heterocycles. The molecule has 0 aliphatic carbocycles. The summed E-state index contributed by atoms with van der Waals surface area (Å²) in [6.07, 6.45) is -1.15. The fourth-order valence-corrected chi connectivity index (χ4v) is 2.83. The number of benzene rings is 1. The molecule has 3 rings (SSSR count). The molecule has 1 fully saturated rings. The van der Waals surface area contributed by atoms with Gasteiger partial charge in [0.05, 0.1) is 0 Å². The molecule has 0 saturated carbocycles. The summed E-state index contributed by atoms with van der Waals surface area (Å²) in [5.74, 6) is 1.14. The molecule has 8 heteroatoms. The number of nitrogens with one attached hydrogen (secondary N) is 1. The molecular weight excluding hydrogens is 309 g/mol. The van der Waals surface area contributed by atoms with E-state index in [4.69, 9.17) is 0 Å². The minimum atomic E-state index is -4.65. The highest BCUT2D eigenvalue weighted by molar-refractivity contribution is 5.27. The van der Waals surface area contributed by atoms with Crippen molar-refractivity contribution < 1.29 is 17.9 Å². The first-order valence-corrected chi connectivity index (χ1v) is 7.42. The number of halogens is 3. The summed E-state index contributed by atoms with van der Waals surface area (Å²) >= 11 is 0. The molecule has 0 unspecified atom stereocenters. The van der Waals surface area contributed by atoms with Crippen LogP contribution in [0.4, 0.5) is 13.2 Å². The van der Waals surface area contributed by atoms with Crippen LogP contribution in [-0.4, -0.2) is 39.5 Å². The van der Waals surface area contributed by atoms with Crippen LogP contribution in [0.25, 0.3) is 0 Å². The Labute approximate surface area is 131 Å². The summed E-state index contributed by atoms with van der Waals surface area (Å²) in [6, 6.07) is 6.04. The lowest BCUT2D eigenvalue weighted by molar-refractivity contribution is -0.274. The monoisotopic (exact) mass is 326 g/mol. The second-order valence-electron chi connectivity index (χ2n) is 5.61. The molecule has 1 aromatic carbocycles. The van der Waals surface area contributed by atoms with Gasteiger partial charge in [-0.25, -0.2) is 4.98 Å². The Bertz CT molecular complexity index is 605. The maximum absolute atomic E-state index is 12.1. The first-order chi connectivity index (χ1) is 11.0. The van der Waals surface area contributed by atoms with E-state index in [1.807, 2.05) is 0 Å². The molecule has 124 valence electrons. The van der Waals surface area contributed by atoms with Gasteiger partial charge >= 0.3 is 6.36 Å². The van der Waals surface area contributed by atoms with E-state index >= 15 is 0 Å². The zero-order valence-electron chi connectivity index (χ0n) is 12.4. The lowest BCUT2D eigenvalue weighted by Gasteiger charge is -2.30. The predicted molar refractivity (Wildman–Crippen MR) is 76.8 cm³/mol. The van der Waals surface area contributed by atoms with Gasteiger partial charge in [0.15, 0.2) is 0 Å². The average Bonchev–Trinajstić information content (AvgIpc) is 3.03. The Morgan fingerprint density at radius 1 is 1.17 bits per heavy atom. The van der Waals surface area contributed by atoms with Crippen LogP contribution in [0.2, 0.25) is 0 Å². The van der Waals surface area contributed by atoms with Crippen molar-refractivity contribution >= 4 is 0 Å². The van der Waals surface area contributed by atoms with Gasteiger partial charge in [-0.3, -0.25) is 10.00 Å². The summed E-state index contributed by atoms with van der Waals surface area (Å²) in [7, 11) is 0. The Morgan fingerprint density at radius 3 is 2.43 bits per heavy atom. The molecule has 0 bridgehead atoms. The van der Waals surface area contributed by atoms with E-state index in [2.05, 4.69) is 24.8 Å². The van der Waals surface area contributed by atoms with Crippen LogP contribution in [0.3, 0.4) is 0 Å². The summed E-state index contributed by atoms with van der Waals surface area (Å²) in [4.78, 5) is 6.48. The fraction of sp³-hybridized carbons (Fsp3) is 0.467. The number of hydrogen-bond donors (Lipinski definition) is 1. The molecule has 1 N–H and O–H groups in total. The summed E-state index contributed by atoms with van der Waals surface area (Å²) in [5, 5.41) is 6.79. The molecule has 0 spiro atoms. The standard InChI is InChI=1S/C15H17F3N4O/c16-15(17,18)23-13-3-1-11(2-4-13)9-22-7-5-12(6-8-22)14-19-10-20-21-14/h1-4,10,12H,5-9H2,(H,19,20,21). The molecule has 2 aromatic rings. The fourth-order valence-electron chi connectivity index (χ4n) is 2.83. The van der Waals surface area contributed by atoms with E-state index in [-0.39, 0.29) is 5.75 Å². The topological polar surface area (TPSA) is 54.0 Å². The van der Waals surface area contributed by atoms with Crippen LogP contribution in [-0.2, 0) is 6.54 Å². The van der Waals surface area contributed by atoms with Crippen molar-refractivity contribution in [2.24, 2.45) is 0 Å². The Hall–Kier alpha value is -2.09. The number of ether oxygens (including phenoxy) is 1. The molecule has 23 heavy (non-hydrogen) atoms. The number of piperidine rings is 1. The SMILES string of the molecule is FC(F)(F)Oc1ccc(CN2CCC(c3ncn[nH]3)CC2)cc1. The van der Waals surface area contributed by atoms with E-state index in [1.165, 1.54) is 18.5 Å². The van der Waals surface area contributed by atoms with Crippen LogP contribution in [0.1, 0.15) is 30.1 Å². The molecule has 1 aliphatic rings. The molecule has 1 aliphatic heterocycles. The van der Waals surface area contributed by atoms with Gasteiger partial charge in [-0.15, -0.1) is 13.2 Å². The lowest BCUT2D eigenvalue weighted by atomic mass is 9.96. The van der Waals surface area contributed by atoms with Crippen LogP contribution in [0, 0.1) is 0 Å². The molecule has 2 heterocycles. The van der Waals surface area contributed by atoms with Crippen molar-refractivity contribution in [1.29, 1.82) is 0 Å². The van der Waals surface area contributed by atoms with Crippen LogP contribution >= 0.6 is 0 Å². The van der Waals surface area contributed by atoms with Gasteiger partial charge in [0.25, 0.3) is 0 Å². The molecule has 5 nitrogen and oxygen atoms in total. The number of H-pyrrole nitrogens is 1. The van der Waals surface area contributed by atoms with E-state index in [0.29, 0.717) is 5.92 Å². The maximum Gasteiger partial charge on any atom is 0.573 e. The highest BCUT2D eigenvalue weighted by atomic mass is 19.4. The van der Waals surface area contributed by atoms with E-state index in [1.54, 1.807) is 12.1 Å². The molecule has 0 amide bonds. The largest absolute Gasteiger partial charge is 0.573 e. The Balaban J connectivity index is 1.50. The van der Waals surface area contributed by atoms with Gasteiger partial charge in [0.2, 0.25) is 0 Å². The molecule has 0 atom stereocenters. The summed E-state index contributed by atoms with van der Waals surface area (Å²) in [5.41, 5.74) is 0.970. The first kappa shape index (κ1) is 15.8. The maximum atomic E-state index is 12.1. The van der Waals surface area contributed by atoms with Crippen molar-refractivity contribution in [2.45, 2.75) is 31.7 Å². The van der Waals surface area contributed by atoms with Gasteiger partial charge in [-0.05, 0) is 43.6 Å². The summed E-state index contributed by atoms with van der Waals surface area (Å²) in [6.45, 7) is 2.56. The van der Waals surface area contributed by atoms with Crippen molar-refractivity contribution in [3.05, 3.63) is 42.0 Å². The molecule has 0 radical (unpaired) electrons. The Morgan fingerprint density at radius 2 is 1.87 bits per heavy atom. The zero-order chi connectivity index (χ0) is 16.3. The number of likely N-dealkylation sites (tertiary alicyclic amines) is 1. The normalized spacial score (nSPS) is 17.3. The number of nitrogens with zero attached hydrogens (tertiary/aromatic N) is 3. The third-order valence-electron chi connectivity index (χ3n) is 3.97. The van der Waals surface area contributed by atoms with Gasteiger partial charge in [-0.2, -0.15) is 5.10 Å². The quantitative estimate of drug-likeness (QED) is 0.938. The van der Waals surface area contributed by atoms with Crippen molar-refractivity contribution in [3.8, 4) is 5.75 Å². The van der Waals surface area contributed by atoms with Crippen molar-refractivity contribution in [3.63, 3.8) is 0 Å². The van der Waals surface area contributed by atoms with Crippen molar-refractivity contribution in [1.82, 2.24) is 20.1 Å². The number of hydrogen-bond acceptors (Lipinski definition) is 4. The zero-order valence-corrected chi connectivity index (χ0v) is 12.4. The van der Waals surface area contributed by atoms with Crippen LogP contribution in [0.5, 0.6) is 5.75 Å². The minimum absolute atomic E-state index is 0.190. The van der Waals surface area contributed by atoms with E-state index < -0.39 is 6.36 Å². The number of rotatable bonds is 4. The highest BCUT2D eigenvalue weighted by Gasteiger charge is 2.31. The molecular formula is C15H17F3N4O. The smallest absolute Gasteiger partial charge is 0.406 e. The second-order valence-corrected chi connectivity index (χ2v) is 5.61. The van der Waals surface area contributed by atoms with Gasteiger partial charge in [0.1, 0.15) is 17.9 Å². The average molecular weight is 326 g/mol.